The summed E-state index contributed by atoms with van der Waals surface area (Å²) in [6.07, 6.45) is 0. The molecule has 104 valence electrons. The molecule has 1 amide bonds. The Morgan fingerprint density at radius 3 is 2.53 bits per heavy atom. The Bertz CT molecular complexity index is 492. The number of carbonyl (C=O) groups is 2. The lowest BCUT2D eigenvalue weighted by molar-refractivity contribution is -0.125. The highest BCUT2D eigenvalue weighted by atomic mass is 79.9. The van der Waals surface area contributed by atoms with Crippen LogP contribution < -0.4 is 5.32 Å². The van der Waals surface area contributed by atoms with E-state index in [4.69, 9.17) is 4.74 Å². The van der Waals surface area contributed by atoms with Gasteiger partial charge in [0.05, 0.1) is 5.56 Å². The van der Waals surface area contributed by atoms with Gasteiger partial charge in [0, 0.05) is 10.0 Å². The molecule has 0 saturated carbocycles. The van der Waals surface area contributed by atoms with E-state index in [9.17, 15) is 9.59 Å². The third-order valence-corrected chi connectivity index (χ3v) is 3.20. The smallest absolute Gasteiger partial charge is 0.338 e. The highest BCUT2D eigenvalue weighted by Crippen LogP contribution is 2.19. The monoisotopic (exact) mass is 327 g/mol. The number of benzene rings is 1. The normalized spacial score (nSPS) is 11.0. The number of carbonyl (C=O) groups excluding carboxylic acids is 2. The summed E-state index contributed by atoms with van der Waals surface area (Å²) in [5.41, 5.74) is 0.913. The van der Waals surface area contributed by atoms with Gasteiger partial charge in [-0.05, 0) is 45.4 Å². The summed E-state index contributed by atoms with van der Waals surface area (Å²) in [7, 11) is 0. The Hall–Kier alpha value is -1.36. The summed E-state index contributed by atoms with van der Waals surface area (Å²) in [6, 6.07) is 5.27. The van der Waals surface area contributed by atoms with E-state index in [0.717, 1.165) is 10.0 Å². The number of hydrogen-bond acceptors (Lipinski definition) is 3. The van der Waals surface area contributed by atoms with Crippen LogP contribution in [-0.2, 0) is 9.53 Å². The fourth-order valence-electron chi connectivity index (χ4n) is 1.49. The zero-order chi connectivity index (χ0) is 14.6. The van der Waals surface area contributed by atoms with Crippen LogP contribution in [0.1, 0.15) is 36.7 Å². The number of ether oxygens (including phenoxy) is 1. The van der Waals surface area contributed by atoms with Crippen LogP contribution >= 0.6 is 15.9 Å². The van der Waals surface area contributed by atoms with Crippen LogP contribution in [-0.4, -0.2) is 24.0 Å². The quantitative estimate of drug-likeness (QED) is 0.868. The Balaban J connectivity index is 2.61. The maximum atomic E-state index is 11.9. The fraction of sp³-hybridized carbons (Fsp3) is 0.429. The van der Waals surface area contributed by atoms with E-state index in [-0.39, 0.29) is 18.1 Å². The van der Waals surface area contributed by atoms with Crippen molar-refractivity contribution in [2.75, 3.05) is 6.61 Å². The van der Waals surface area contributed by atoms with E-state index >= 15 is 0 Å². The number of halogens is 1. The highest BCUT2D eigenvalue weighted by molar-refractivity contribution is 9.10. The zero-order valence-corrected chi connectivity index (χ0v) is 13.1. The molecule has 0 aliphatic rings. The number of esters is 1. The summed E-state index contributed by atoms with van der Waals surface area (Å²) >= 11 is 3.35. The molecule has 4 nitrogen and oxygen atoms in total. The largest absolute Gasteiger partial charge is 0.452 e. The van der Waals surface area contributed by atoms with Gasteiger partial charge >= 0.3 is 5.97 Å². The fourth-order valence-corrected chi connectivity index (χ4v) is 1.86. The van der Waals surface area contributed by atoms with Crippen molar-refractivity contribution >= 4 is 27.8 Å². The Morgan fingerprint density at radius 2 is 1.95 bits per heavy atom. The number of hydrogen-bond donors (Lipinski definition) is 1. The topological polar surface area (TPSA) is 55.4 Å². The molecule has 0 fully saturated rings. The lowest BCUT2D eigenvalue weighted by Crippen LogP contribution is -2.42. The van der Waals surface area contributed by atoms with E-state index in [1.165, 1.54) is 0 Å². The first-order valence-electron chi connectivity index (χ1n) is 5.94. The molecule has 0 aliphatic heterocycles. The van der Waals surface area contributed by atoms with Gasteiger partial charge in [0.25, 0.3) is 5.91 Å². The second-order valence-electron chi connectivity index (χ2n) is 5.29. The predicted octanol–water partition coefficient (Wildman–Crippen LogP) is 2.83. The van der Waals surface area contributed by atoms with Crippen molar-refractivity contribution < 1.29 is 14.3 Å². The lowest BCUT2D eigenvalue weighted by atomic mass is 10.1. The molecule has 1 aromatic carbocycles. The van der Waals surface area contributed by atoms with Gasteiger partial charge in [-0.2, -0.15) is 0 Å². The summed E-state index contributed by atoms with van der Waals surface area (Å²) in [6.45, 7) is 7.14. The standard InChI is InChI=1S/C14H18BrNO3/c1-9-10(6-5-7-11(9)15)13(18)19-8-12(17)16-14(2,3)4/h5-7H,8H2,1-4H3,(H,16,17). The molecule has 0 spiro atoms. The van der Waals surface area contributed by atoms with Gasteiger partial charge < -0.3 is 10.1 Å². The minimum Gasteiger partial charge on any atom is -0.452 e. The molecule has 1 N–H and O–H groups in total. The van der Waals surface area contributed by atoms with E-state index < -0.39 is 5.97 Å². The first-order chi connectivity index (χ1) is 8.70. The Labute approximate surface area is 121 Å². The molecule has 0 heterocycles. The molecule has 0 bridgehead atoms. The molecule has 0 radical (unpaired) electrons. The molecule has 0 aromatic heterocycles. The summed E-state index contributed by atoms with van der Waals surface area (Å²) in [4.78, 5) is 23.4. The zero-order valence-electron chi connectivity index (χ0n) is 11.5. The molecule has 0 unspecified atom stereocenters. The van der Waals surface area contributed by atoms with Crippen molar-refractivity contribution in [2.24, 2.45) is 0 Å². The average Bonchev–Trinajstić information content (AvgIpc) is 2.27. The van der Waals surface area contributed by atoms with Crippen LogP contribution in [0.25, 0.3) is 0 Å². The van der Waals surface area contributed by atoms with Crippen LogP contribution in [0.4, 0.5) is 0 Å². The molecule has 19 heavy (non-hydrogen) atoms. The van der Waals surface area contributed by atoms with Crippen molar-refractivity contribution in [1.82, 2.24) is 5.32 Å². The van der Waals surface area contributed by atoms with Crippen molar-refractivity contribution in [3.63, 3.8) is 0 Å². The molecule has 0 atom stereocenters. The van der Waals surface area contributed by atoms with Crippen molar-refractivity contribution in [3.05, 3.63) is 33.8 Å². The number of nitrogens with one attached hydrogen (secondary N) is 1. The number of rotatable bonds is 3. The maximum Gasteiger partial charge on any atom is 0.338 e. The highest BCUT2D eigenvalue weighted by Gasteiger charge is 2.17. The van der Waals surface area contributed by atoms with E-state index in [0.29, 0.717) is 5.56 Å². The second-order valence-corrected chi connectivity index (χ2v) is 6.14. The van der Waals surface area contributed by atoms with E-state index in [1.807, 2.05) is 33.8 Å². The average molecular weight is 328 g/mol. The maximum absolute atomic E-state index is 11.9. The van der Waals surface area contributed by atoms with Gasteiger partial charge in [0.15, 0.2) is 6.61 Å². The minimum absolute atomic E-state index is 0.276. The Morgan fingerprint density at radius 1 is 1.32 bits per heavy atom. The van der Waals surface area contributed by atoms with Gasteiger partial charge in [-0.1, -0.05) is 22.0 Å². The van der Waals surface area contributed by atoms with Crippen LogP contribution in [0.2, 0.25) is 0 Å². The van der Waals surface area contributed by atoms with Crippen LogP contribution in [0, 0.1) is 6.92 Å². The van der Waals surface area contributed by atoms with Crippen molar-refractivity contribution in [1.29, 1.82) is 0 Å². The van der Waals surface area contributed by atoms with Gasteiger partial charge in [0.2, 0.25) is 0 Å². The number of amides is 1. The summed E-state index contributed by atoms with van der Waals surface area (Å²) < 4.78 is 5.83. The third-order valence-electron chi connectivity index (χ3n) is 2.34. The van der Waals surface area contributed by atoms with Crippen LogP contribution in [0.3, 0.4) is 0 Å². The molecule has 1 rings (SSSR count). The van der Waals surface area contributed by atoms with Crippen LogP contribution in [0.5, 0.6) is 0 Å². The summed E-state index contributed by atoms with van der Waals surface area (Å²) in [5, 5.41) is 2.73. The summed E-state index contributed by atoms with van der Waals surface area (Å²) in [5.74, 6) is -0.809. The van der Waals surface area contributed by atoms with Gasteiger partial charge in [-0.3, -0.25) is 4.79 Å². The minimum atomic E-state index is -0.497. The third kappa shape index (κ3) is 5.03. The molecular formula is C14H18BrNO3. The van der Waals surface area contributed by atoms with Gasteiger partial charge in [-0.15, -0.1) is 0 Å². The first kappa shape index (κ1) is 15.7. The molecule has 5 heteroatoms. The molecule has 1 aromatic rings. The van der Waals surface area contributed by atoms with Gasteiger partial charge in [0.1, 0.15) is 0 Å². The SMILES string of the molecule is Cc1c(Br)cccc1C(=O)OCC(=O)NC(C)(C)C. The predicted molar refractivity (Wildman–Crippen MR) is 77.1 cm³/mol. The van der Waals surface area contributed by atoms with Gasteiger partial charge in [-0.25, -0.2) is 4.79 Å². The Kier molecular flexibility index (Phi) is 5.11. The van der Waals surface area contributed by atoms with Crippen molar-refractivity contribution in [2.45, 2.75) is 33.2 Å². The molecule has 0 saturated heterocycles. The second kappa shape index (κ2) is 6.19. The van der Waals surface area contributed by atoms with Crippen LogP contribution in [0.15, 0.2) is 22.7 Å². The molecule has 0 aliphatic carbocycles. The first-order valence-corrected chi connectivity index (χ1v) is 6.73. The van der Waals surface area contributed by atoms with Crippen molar-refractivity contribution in [3.8, 4) is 0 Å². The lowest BCUT2D eigenvalue weighted by Gasteiger charge is -2.20. The van der Waals surface area contributed by atoms with E-state index in [2.05, 4.69) is 21.2 Å². The van der Waals surface area contributed by atoms with E-state index in [1.54, 1.807) is 12.1 Å². The molecular weight excluding hydrogens is 310 g/mol.